The Kier molecular flexibility index (Phi) is 4.97. The molecule has 1 aromatic carbocycles. The Bertz CT molecular complexity index is 467. The summed E-state index contributed by atoms with van der Waals surface area (Å²) in [5.41, 5.74) is 2.76. The summed E-state index contributed by atoms with van der Waals surface area (Å²) in [6.07, 6.45) is 0.585. The first-order valence-corrected chi connectivity index (χ1v) is 7.19. The quantitative estimate of drug-likeness (QED) is 0.860. The van der Waals surface area contributed by atoms with Gasteiger partial charge in [0.25, 0.3) is 0 Å². The van der Waals surface area contributed by atoms with Crippen molar-refractivity contribution in [3.8, 4) is 0 Å². The van der Waals surface area contributed by atoms with E-state index in [4.69, 9.17) is 11.6 Å². The van der Waals surface area contributed by atoms with E-state index in [2.05, 4.69) is 10.2 Å². The van der Waals surface area contributed by atoms with Gasteiger partial charge in [-0.2, -0.15) is 0 Å². The molecule has 1 aliphatic heterocycles. The molecule has 0 aromatic heterocycles. The Morgan fingerprint density at radius 1 is 1.26 bits per heavy atom. The standard InChI is InChI=1S/C15H21ClN2O/c1-11-10-14(16)12(2)9-13(11)15(19)3-6-18-7-4-17-5-8-18/h9-10,17H,3-8H2,1-2H3. The number of aryl methyl sites for hydroxylation is 2. The van der Waals surface area contributed by atoms with Crippen molar-refractivity contribution in [2.45, 2.75) is 20.3 Å². The number of carbonyl (C=O) groups excluding carboxylic acids is 1. The summed E-state index contributed by atoms with van der Waals surface area (Å²) in [6, 6.07) is 3.80. The third-order valence-electron chi connectivity index (χ3n) is 3.67. The van der Waals surface area contributed by atoms with E-state index in [0.29, 0.717) is 6.42 Å². The first kappa shape index (κ1) is 14.5. The number of Topliss-reactive ketones (excluding diaryl/α,β-unsaturated/α-hetero) is 1. The number of halogens is 1. The van der Waals surface area contributed by atoms with Crippen molar-refractivity contribution in [1.29, 1.82) is 0 Å². The number of hydrogen-bond acceptors (Lipinski definition) is 3. The molecule has 0 spiro atoms. The van der Waals surface area contributed by atoms with Crippen molar-refractivity contribution in [3.63, 3.8) is 0 Å². The van der Waals surface area contributed by atoms with Crippen LogP contribution in [0, 0.1) is 13.8 Å². The van der Waals surface area contributed by atoms with Gasteiger partial charge in [-0.15, -0.1) is 0 Å². The zero-order valence-corrected chi connectivity index (χ0v) is 12.4. The van der Waals surface area contributed by atoms with Gasteiger partial charge < -0.3 is 10.2 Å². The SMILES string of the molecule is Cc1cc(C(=O)CCN2CCNCC2)c(C)cc1Cl. The third kappa shape index (κ3) is 3.78. The van der Waals surface area contributed by atoms with Crippen LogP contribution in [0.5, 0.6) is 0 Å². The van der Waals surface area contributed by atoms with E-state index < -0.39 is 0 Å². The highest BCUT2D eigenvalue weighted by Gasteiger charge is 2.14. The lowest BCUT2D eigenvalue weighted by atomic mass is 10.00. The second-order valence-corrected chi connectivity index (χ2v) is 5.59. The van der Waals surface area contributed by atoms with E-state index in [1.54, 1.807) is 0 Å². The first-order chi connectivity index (χ1) is 9.08. The van der Waals surface area contributed by atoms with Crippen molar-refractivity contribution >= 4 is 17.4 Å². The molecule has 0 atom stereocenters. The molecule has 1 N–H and O–H groups in total. The van der Waals surface area contributed by atoms with Crippen LogP contribution in [-0.4, -0.2) is 43.4 Å². The number of rotatable bonds is 4. The maximum Gasteiger partial charge on any atom is 0.164 e. The summed E-state index contributed by atoms with van der Waals surface area (Å²) in [6.45, 7) is 8.85. The van der Waals surface area contributed by atoms with Crippen LogP contribution >= 0.6 is 11.6 Å². The van der Waals surface area contributed by atoms with Crippen LogP contribution in [0.2, 0.25) is 5.02 Å². The number of benzene rings is 1. The third-order valence-corrected chi connectivity index (χ3v) is 4.08. The predicted octanol–water partition coefficient (Wildman–Crippen LogP) is 2.43. The number of piperazine rings is 1. The molecule has 1 aromatic rings. The van der Waals surface area contributed by atoms with Gasteiger partial charge in [0.1, 0.15) is 0 Å². The summed E-state index contributed by atoms with van der Waals surface area (Å²) < 4.78 is 0. The van der Waals surface area contributed by atoms with Crippen LogP contribution in [0.25, 0.3) is 0 Å². The van der Waals surface area contributed by atoms with Gasteiger partial charge in [-0.05, 0) is 37.1 Å². The normalized spacial score (nSPS) is 16.6. The van der Waals surface area contributed by atoms with Crippen LogP contribution in [0.1, 0.15) is 27.9 Å². The minimum atomic E-state index is 0.218. The maximum atomic E-state index is 12.3. The van der Waals surface area contributed by atoms with Gasteiger partial charge in [-0.3, -0.25) is 4.79 Å². The van der Waals surface area contributed by atoms with Crippen molar-refractivity contribution in [3.05, 3.63) is 33.8 Å². The largest absolute Gasteiger partial charge is 0.314 e. The minimum Gasteiger partial charge on any atom is -0.314 e. The lowest BCUT2D eigenvalue weighted by Crippen LogP contribution is -2.44. The molecule has 19 heavy (non-hydrogen) atoms. The Hall–Kier alpha value is -0.900. The Balaban J connectivity index is 1.97. The summed E-state index contributed by atoms with van der Waals surface area (Å²) >= 11 is 6.06. The molecule has 0 amide bonds. The molecule has 0 bridgehead atoms. The van der Waals surface area contributed by atoms with Crippen molar-refractivity contribution in [2.24, 2.45) is 0 Å². The highest BCUT2D eigenvalue weighted by atomic mass is 35.5. The summed E-state index contributed by atoms with van der Waals surface area (Å²) in [4.78, 5) is 14.6. The van der Waals surface area contributed by atoms with Gasteiger partial charge in [0.15, 0.2) is 5.78 Å². The van der Waals surface area contributed by atoms with Crippen LogP contribution in [0.15, 0.2) is 12.1 Å². The molecule has 0 radical (unpaired) electrons. The zero-order chi connectivity index (χ0) is 13.8. The van der Waals surface area contributed by atoms with Gasteiger partial charge in [0, 0.05) is 49.7 Å². The average Bonchev–Trinajstić information content (AvgIpc) is 2.41. The van der Waals surface area contributed by atoms with E-state index in [-0.39, 0.29) is 5.78 Å². The van der Waals surface area contributed by atoms with Crippen molar-refractivity contribution < 1.29 is 4.79 Å². The molecular formula is C15H21ClN2O. The second-order valence-electron chi connectivity index (χ2n) is 5.18. The van der Waals surface area contributed by atoms with Gasteiger partial charge in [0.05, 0.1) is 0 Å². The number of nitrogens with zero attached hydrogens (tertiary/aromatic N) is 1. The fourth-order valence-corrected chi connectivity index (χ4v) is 2.63. The Morgan fingerprint density at radius 3 is 2.63 bits per heavy atom. The highest BCUT2D eigenvalue weighted by Crippen LogP contribution is 2.21. The van der Waals surface area contributed by atoms with E-state index in [9.17, 15) is 4.79 Å². The molecule has 104 valence electrons. The number of hydrogen-bond donors (Lipinski definition) is 1. The molecule has 2 rings (SSSR count). The molecule has 4 heteroatoms. The molecular weight excluding hydrogens is 260 g/mol. The van der Waals surface area contributed by atoms with Crippen LogP contribution in [0.3, 0.4) is 0 Å². The zero-order valence-electron chi connectivity index (χ0n) is 11.6. The van der Waals surface area contributed by atoms with E-state index >= 15 is 0 Å². The molecule has 1 fully saturated rings. The van der Waals surface area contributed by atoms with Crippen molar-refractivity contribution in [2.75, 3.05) is 32.7 Å². The van der Waals surface area contributed by atoms with E-state index in [1.807, 2.05) is 26.0 Å². The molecule has 1 aliphatic rings. The van der Waals surface area contributed by atoms with Crippen molar-refractivity contribution in [1.82, 2.24) is 10.2 Å². The predicted molar refractivity (Wildman–Crippen MR) is 79.2 cm³/mol. The number of ketones is 1. The Morgan fingerprint density at radius 2 is 1.95 bits per heavy atom. The highest BCUT2D eigenvalue weighted by molar-refractivity contribution is 6.31. The molecule has 0 unspecified atom stereocenters. The average molecular weight is 281 g/mol. The smallest absolute Gasteiger partial charge is 0.164 e. The second kappa shape index (κ2) is 6.51. The maximum absolute atomic E-state index is 12.3. The molecule has 0 saturated carbocycles. The van der Waals surface area contributed by atoms with Crippen LogP contribution < -0.4 is 5.32 Å². The molecule has 0 aliphatic carbocycles. The molecule has 1 saturated heterocycles. The molecule has 3 nitrogen and oxygen atoms in total. The molecule has 1 heterocycles. The lowest BCUT2D eigenvalue weighted by Gasteiger charge is -2.26. The van der Waals surface area contributed by atoms with Gasteiger partial charge in [0.2, 0.25) is 0 Å². The lowest BCUT2D eigenvalue weighted by molar-refractivity contribution is 0.0960. The van der Waals surface area contributed by atoms with Crippen LogP contribution in [-0.2, 0) is 0 Å². The summed E-state index contributed by atoms with van der Waals surface area (Å²) in [5.74, 6) is 0.218. The number of carbonyl (C=O) groups is 1. The number of nitrogens with one attached hydrogen (secondary N) is 1. The monoisotopic (exact) mass is 280 g/mol. The van der Waals surface area contributed by atoms with E-state index in [0.717, 1.165) is 54.4 Å². The Labute approximate surface area is 119 Å². The van der Waals surface area contributed by atoms with Gasteiger partial charge >= 0.3 is 0 Å². The van der Waals surface area contributed by atoms with Gasteiger partial charge in [-0.1, -0.05) is 11.6 Å². The summed E-state index contributed by atoms with van der Waals surface area (Å²) in [5, 5.41) is 4.05. The van der Waals surface area contributed by atoms with E-state index in [1.165, 1.54) is 0 Å². The summed E-state index contributed by atoms with van der Waals surface area (Å²) in [7, 11) is 0. The minimum absolute atomic E-state index is 0.218. The fraction of sp³-hybridized carbons (Fsp3) is 0.533. The van der Waals surface area contributed by atoms with Crippen LogP contribution in [0.4, 0.5) is 0 Å². The topological polar surface area (TPSA) is 32.3 Å². The first-order valence-electron chi connectivity index (χ1n) is 6.81. The fourth-order valence-electron chi connectivity index (χ4n) is 2.41. The van der Waals surface area contributed by atoms with Gasteiger partial charge in [-0.25, -0.2) is 0 Å².